The quantitative estimate of drug-likeness (QED) is 0.896. The van der Waals surface area contributed by atoms with Gasteiger partial charge in [0, 0.05) is 38.7 Å². The third kappa shape index (κ3) is 3.08. The van der Waals surface area contributed by atoms with Crippen LogP contribution in [0.3, 0.4) is 0 Å². The number of methoxy groups -OCH3 is 1. The Hall–Kier alpha value is -2.32. The summed E-state index contributed by atoms with van der Waals surface area (Å²) in [6, 6.07) is 4.44. The fraction of sp³-hybridized carbons (Fsp3) is 0.400. The van der Waals surface area contributed by atoms with Crippen molar-refractivity contribution in [1.29, 1.82) is 0 Å². The molecule has 2 aromatic rings. The van der Waals surface area contributed by atoms with Gasteiger partial charge < -0.3 is 14.8 Å². The maximum atomic E-state index is 14.3. The Bertz CT molecular complexity index is 684. The van der Waals surface area contributed by atoms with Gasteiger partial charge in [-0.2, -0.15) is 5.10 Å². The first-order valence-corrected chi connectivity index (χ1v) is 7.24. The van der Waals surface area contributed by atoms with E-state index >= 15 is 0 Å². The van der Waals surface area contributed by atoms with E-state index in [2.05, 4.69) is 20.5 Å². The number of ether oxygens (including phenoxy) is 2. The van der Waals surface area contributed by atoms with Crippen LogP contribution in [0.1, 0.15) is 12.8 Å². The van der Waals surface area contributed by atoms with E-state index in [0.29, 0.717) is 37.4 Å². The van der Waals surface area contributed by atoms with Gasteiger partial charge >= 0.3 is 0 Å². The summed E-state index contributed by atoms with van der Waals surface area (Å²) in [4.78, 5) is 16.5. The molecule has 1 aromatic heterocycles. The number of hydrogen-bond donors (Lipinski definition) is 2. The molecule has 23 heavy (non-hydrogen) atoms. The molecule has 1 aliphatic heterocycles. The number of H-pyrrole nitrogens is 1. The Morgan fingerprint density at radius 3 is 2.83 bits per heavy atom. The summed E-state index contributed by atoms with van der Waals surface area (Å²) in [7, 11) is 1.48. The number of rotatable bonds is 4. The molecule has 7 nitrogen and oxygen atoms in total. The Morgan fingerprint density at radius 1 is 1.43 bits per heavy atom. The lowest BCUT2D eigenvalue weighted by Crippen LogP contribution is -2.48. The molecule has 1 saturated heterocycles. The lowest BCUT2D eigenvalue weighted by Gasteiger charge is -2.34. The summed E-state index contributed by atoms with van der Waals surface area (Å²) in [5.74, 6) is -0.459. The van der Waals surface area contributed by atoms with Crippen molar-refractivity contribution >= 4 is 11.6 Å². The lowest BCUT2D eigenvalue weighted by atomic mass is 9.93. The summed E-state index contributed by atoms with van der Waals surface area (Å²) in [5.41, 5.74) is -0.333. The number of carbonyl (C=O) groups is 1. The molecule has 0 radical (unpaired) electrons. The zero-order chi connectivity index (χ0) is 16.3. The molecule has 8 heteroatoms. The summed E-state index contributed by atoms with van der Waals surface area (Å²) in [6.45, 7) is 0.877. The first-order chi connectivity index (χ1) is 11.1. The van der Waals surface area contributed by atoms with Crippen molar-refractivity contribution < 1.29 is 18.7 Å². The molecule has 0 unspecified atom stereocenters. The number of anilines is 1. The minimum atomic E-state index is -0.978. The average Bonchev–Trinajstić information content (AvgIpc) is 3.11. The first-order valence-electron chi connectivity index (χ1n) is 7.24. The van der Waals surface area contributed by atoms with E-state index in [1.165, 1.54) is 25.6 Å². The van der Waals surface area contributed by atoms with Crippen LogP contribution >= 0.6 is 0 Å². The lowest BCUT2D eigenvalue weighted by molar-refractivity contribution is -0.149. The number of nitrogens with zero attached hydrogens (tertiary/aromatic N) is 2. The van der Waals surface area contributed by atoms with Crippen LogP contribution in [0.4, 0.5) is 10.1 Å². The summed E-state index contributed by atoms with van der Waals surface area (Å²) < 4.78 is 24.9. The highest BCUT2D eigenvalue weighted by Crippen LogP contribution is 2.28. The summed E-state index contributed by atoms with van der Waals surface area (Å²) in [5, 5.41) is 8.99. The maximum Gasteiger partial charge on any atom is 0.256 e. The number of hydrogen-bond acceptors (Lipinski definition) is 5. The monoisotopic (exact) mass is 320 g/mol. The van der Waals surface area contributed by atoms with Crippen molar-refractivity contribution in [2.75, 3.05) is 25.6 Å². The highest BCUT2D eigenvalue weighted by atomic mass is 19.1. The second-order valence-corrected chi connectivity index (χ2v) is 5.29. The zero-order valence-corrected chi connectivity index (χ0v) is 12.6. The molecule has 1 aromatic carbocycles. The topological polar surface area (TPSA) is 89.1 Å². The molecule has 2 N–H and O–H groups in total. The van der Waals surface area contributed by atoms with Crippen molar-refractivity contribution in [3.63, 3.8) is 0 Å². The largest absolute Gasteiger partial charge is 0.381 e. The van der Waals surface area contributed by atoms with Crippen molar-refractivity contribution in [3.8, 4) is 11.4 Å². The Labute approximate surface area is 132 Å². The molecule has 2 heterocycles. The third-order valence-corrected chi connectivity index (χ3v) is 4.01. The molecule has 0 bridgehead atoms. The summed E-state index contributed by atoms with van der Waals surface area (Å²) in [6.07, 6.45) is 2.22. The molecular formula is C15H17FN4O3. The van der Waals surface area contributed by atoms with Gasteiger partial charge in [0.1, 0.15) is 12.1 Å². The van der Waals surface area contributed by atoms with Crippen molar-refractivity contribution in [2.45, 2.75) is 18.4 Å². The fourth-order valence-corrected chi connectivity index (χ4v) is 2.57. The van der Waals surface area contributed by atoms with E-state index in [9.17, 15) is 9.18 Å². The van der Waals surface area contributed by atoms with Crippen LogP contribution in [0, 0.1) is 5.82 Å². The second kappa shape index (κ2) is 6.43. The number of amides is 1. The van der Waals surface area contributed by atoms with Crippen LogP contribution in [0.15, 0.2) is 24.5 Å². The minimum Gasteiger partial charge on any atom is -0.381 e. The van der Waals surface area contributed by atoms with E-state index in [-0.39, 0.29) is 11.6 Å². The van der Waals surface area contributed by atoms with E-state index in [4.69, 9.17) is 9.47 Å². The number of aromatic amines is 1. The standard InChI is InChI=1S/C15H17FN4O3/c1-22-15(4-6-23-7-5-15)14(21)19-12-3-2-10(8-11(12)16)13-17-9-18-20-13/h2-3,8-9H,4-7H2,1H3,(H,19,21)(H,17,18,20). The number of nitrogens with one attached hydrogen (secondary N) is 2. The van der Waals surface area contributed by atoms with Crippen LogP contribution < -0.4 is 5.32 Å². The van der Waals surface area contributed by atoms with Gasteiger partial charge in [-0.1, -0.05) is 0 Å². The van der Waals surface area contributed by atoms with Gasteiger partial charge in [-0.25, -0.2) is 9.37 Å². The average molecular weight is 320 g/mol. The number of carbonyl (C=O) groups excluding carboxylic acids is 1. The molecule has 122 valence electrons. The number of halogens is 1. The molecule has 0 saturated carbocycles. The Kier molecular flexibility index (Phi) is 4.35. The van der Waals surface area contributed by atoms with Crippen molar-refractivity contribution in [3.05, 3.63) is 30.3 Å². The number of aromatic nitrogens is 3. The molecule has 3 rings (SSSR count). The second-order valence-electron chi connectivity index (χ2n) is 5.29. The Morgan fingerprint density at radius 2 is 2.22 bits per heavy atom. The van der Waals surface area contributed by atoms with Crippen LogP contribution in [0.2, 0.25) is 0 Å². The van der Waals surface area contributed by atoms with E-state index in [0.717, 1.165) is 0 Å². The fourth-order valence-electron chi connectivity index (χ4n) is 2.57. The molecule has 1 fully saturated rings. The van der Waals surface area contributed by atoms with Gasteiger partial charge in [-0.05, 0) is 18.2 Å². The molecule has 1 amide bonds. The zero-order valence-electron chi connectivity index (χ0n) is 12.6. The minimum absolute atomic E-state index is 0.0983. The smallest absolute Gasteiger partial charge is 0.256 e. The SMILES string of the molecule is COC1(C(=O)Nc2ccc(-c3ncn[nH]3)cc2F)CCOCC1. The van der Waals surface area contributed by atoms with Crippen molar-refractivity contribution in [2.24, 2.45) is 0 Å². The normalized spacial score (nSPS) is 17.0. The molecule has 0 atom stereocenters. The van der Waals surface area contributed by atoms with Gasteiger partial charge in [0.15, 0.2) is 11.4 Å². The molecular weight excluding hydrogens is 303 g/mol. The first kappa shape index (κ1) is 15.6. The predicted octanol–water partition coefficient (Wildman–Crippen LogP) is 1.74. The van der Waals surface area contributed by atoms with Gasteiger partial charge in [0.2, 0.25) is 0 Å². The molecule has 0 aliphatic carbocycles. The Balaban J connectivity index is 1.78. The van der Waals surface area contributed by atoms with Gasteiger partial charge in [-0.3, -0.25) is 9.89 Å². The summed E-state index contributed by atoms with van der Waals surface area (Å²) >= 11 is 0. The highest BCUT2D eigenvalue weighted by Gasteiger charge is 2.40. The van der Waals surface area contributed by atoms with Crippen LogP contribution in [0.5, 0.6) is 0 Å². The van der Waals surface area contributed by atoms with Gasteiger partial charge in [-0.15, -0.1) is 0 Å². The van der Waals surface area contributed by atoms with Gasteiger partial charge in [0.05, 0.1) is 5.69 Å². The predicted molar refractivity (Wildman–Crippen MR) is 80.2 cm³/mol. The van der Waals surface area contributed by atoms with Crippen LogP contribution in [-0.4, -0.2) is 47.0 Å². The highest BCUT2D eigenvalue weighted by molar-refractivity contribution is 5.97. The van der Waals surface area contributed by atoms with E-state index < -0.39 is 11.4 Å². The van der Waals surface area contributed by atoms with E-state index in [1.54, 1.807) is 6.07 Å². The van der Waals surface area contributed by atoms with Gasteiger partial charge in [0.25, 0.3) is 5.91 Å². The van der Waals surface area contributed by atoms with Crippen molar-refractivity contribution in [1.82, 2.24) is 15.2 Å². The third-order valence-electron chi connectivity index (χ3n) is 4.01. The molecule has 1 aliphatic rings. The molecule has 0 spiro atoms. The van der Waals surface area contributed by atoms with Crippen LogP contribution in [0.25, 0.3) is 11.4 Å². The van der Waals surface area contributed by atoms with Crippen LogP contribution in [-0.2, 0) is 14.3 Å². The van der Waals surface area contributed by atoms with E-state index in [1.807, 2.05) is 0 Å². The maximum absolute atomic E-state index is 14.3. The number of benzene rings is 1.